The first kappa shape index (κ1) is 27.9. The van der Waals surface area contributed by atoms with Crippen LogP contribution in [0.15, 0.2) is 97.1 Å². The first-order chi connectivity index (χ1) is 20.6. The van der Waals surface area contributed by atoms with Gasteiger partial charge in [-0.15, -0.1) is 0 Å². The van der Waals surface area contributed by atoms with Gasteiger partial charge in [0.2, 0.25) is 0 Å². The first-order valence-corrected chi connectivity index (χ1v) is 14.6. The van der Waals surface area contributed by atoms with Gasteiger partial charge in [0, 0.05) is 24.0 Å². The van der Waals surface area contributed by atoms with E-state index in [9.17, 15) is 9.59 Å². The molecule has 4 aromatic carbocycles. The molecule has 0 bridgehead atoms. The topological polar surface area (TPSA) is 77.7 Å². The van der Waals surface area contributed by atoms with Gasteiger partial charge in [0.25, 0.3) is 0 Å². The Bertz CT molecular complexity index is 1370. The Hall–Kier alpha value is -4.26. The van der Waals surface area contributed by atoms with E-state index < -0.39 is 0 Å². The molecule has 6 heteroatoms. The molecule has 2 unspecified atom stereocenters. The largest absolute Gasteiger partial charge is 0.491 e. The highest BCUT2D eigenvalue weighted by molar-refractivity contribution is 5.97. The summed E-state index contributed by atoms with van der Waals surface area (Å²) in [7, 11) is 0. The molecule has 0 aromatic heterocycles. The maximum Gasteiger partial charge on any atom is 0.162 e. The van der Waals surface area contributed by atoms with Gasteiger partial charge in [-0.1, -0.05) is 72.8 Å². The van der Waals surface area contributed by atoms with Crippen molar-refractivity contribution in [3.05, 3.63) is 108 Å². The van der Waals surface area contributed by atoms with Crippen LogP contribution in [0.2, 0.25) is 0 Å². The van der Waals surface area contributed by atoms with Gasteiger partial charge in [0.1, 0.15) is 36.9 Å². The number of hydrogen-bond acceptors (Lipinski definition) is 6. The fourth-order valence-corrected chi connectivity index (χ4v) is 4.75. The molecule has 2 aliphatic rings. The third-order valence-electron chi connectivity index (χ3n) is 7.52. The molecule has 0 spiro atoms. The van der Waals surface area contributed by atoms with Crippen molar-refractivity contribution >= 4 is 11.6 Å². The summed E-state index contributed by atoms with van der Waals surface area (Å²) in [5, 5.41) is 0. The average molecular weight is 563 g/mol. The van der Waals surface area contributed by atoms with E-state index in [1.54, 1.807) is 0 Å². The van der Waals surface area contributed by atoms with E-state index in [4.69, 9.17) is 18.9 Å². The zero-order chi connectivity index (χ0) is 28.7. The van der Waals surface area contributed by atoms with Crippen molar-refractivity contribution in [2.24, 2.45) is 0 Å². The van der Waals surface area contributed by atoms with Gasteiger partial charge in [0.15, 0.2) is 11.6 Å². The summed E-state index contributed by atoms with van der Waals surface area (Å²) >= 11 is 0. The number of epoxide rings is 2. The number of benzene rings is 4. The summed E-state index contributed by atoms with van der Waals surface area (Å²) in [5.41, 5.74) is 5.62. The molecule has 2 heterocycles. The summed E-state index contributed by atoms with van der Waals surface area (Å²) in [6.07, 6.45) is 2.68. The molecule has 0 saturated carbocycles. The third kappa shape index (κ3) is 7.72. The van der Waals surface area contributed by atoms with Gasteiger partial charge in [-0.2, -0.15) is 0 Å². The molecule has 6 nitrogen and oxygen atoms in total. The van der Waals surface area contributed by atoms with E-state index in [0.29, 0.717) is 50.0 Å². The van der Waals surface area contributed by atoms with Gasteiger partial charge in [-0.05, 0) is 59.4 Å². The number of ketones is 2. The Morgan fingerprint density at radius 2 is 0.833 bits per heavy atom. The van der Waals surface area contributed by atoms with Crippen LogP contribution in [0, 0.1) is 0 Å². The van der Waals surface area contributed by atoms with Gasteiger partial charge in [-0.25, -0.2) is 0 Å². The number of carbonyl (C=O) groups is 2. The normalized spacial score (nSPS) is 17.0. The molecule has 4 aromatic rings. The second-order valence-corrected chi connectivity index (χ2v) is 10.8. The summed E-state index contributed by atoms with van der Waals surface area (Å²) in [4.78, 5) is 25.4. The van der Waals surface area contributed by atoms with Crippen molar-refractivity contribution in [1.29, 1.82) is 0 Å². The van der Waals surface area contributed by atoms with Gasteiger partial charge >= 0.3 is 0 Å². The van der Waals surface area contributed by atoms with E-state index in [2.05, 4.69) is 0 Å². The number of unbranched alkanes of at least 4 members (excludes halogenated alkanes) is 1. The predicted octanol–water partition coefficient (Wildman–Crippen LogP) is 7.20. The van der Waals surface area contributed by atoms with E-state index in [1.807, 2.05) is 97.1 Å². The lowest BCUT2D eigenvalue weighted by Gasteiger charge is -2.08. The Morgan fingerprint density at radius 1 is 0.524 bits per heavy atom. The Morgan fingerprint density at radius 3 is 1.14 bits per heavy atom. The molecule has 6 rings (SSSR count). The van der Waals surface area contributed by atoms with Crippen LogP contribution >= 0.6 is 0 Å². The number of hydrogen-bond donors (Lipinski definition) is 0. The van der Waals surface area contributed by atoms with Crippen molar-refractivity contribution in [3.63, 3.8) is 0 Å². The van der Waals surface area contributed by atoms with Gasteiger partial charge < -0.3 is 18.9 Å². The molecule has 2 saturated heterocycles. The first-order valence-electron chi connectivity index (χ1n) is 14.6. The maximum absolute atomic E-state index is 12.7. The average Bonchev–Trinajstić information content (AvgIpc) is 3.98. The molecular formula is C36H34O6. The SMILES string of the molecule is O=C(CCCCC(=O)c1ccc(-c2ccc(OCC3CO3)cc2)cc1)c1ccc(-c2ccc(OCC3CO3)cc2)cc1. The van der Waals surface area contributed by atoms with Crippen molar-refractivity contribution < 1.29 is 28.5 Å². The fraction of sp³-hybridized carbons (Fsp3) is 0.278. The summed E-state index contributed by atoms with van der Waals surface area (Å²) < 4.78 is 21.7. The van der Waals surface area contributed by atoms with E-state index in [-0.39, 0.29) is 23.8 Å². The van der Waals surface area contributed by atoms with Crippen molar-refractivity contribution in [2.75, 3.05) is 26.4 Å². The fourth-order valence-electron chi connectivity index (χ4n) is 4.75. The van der Waals surface area contributed by atoms with Gasteiger partial charge in [0.05, 0.1) is 13.2 Å². The monoisotopic (exact) mass is 562 g/mol. The molecule has 214 valence electrons. The molecule has 0 aliphatic carbocycles. The molecule has 0 amide bonds. The lowest BCUT2D eigenvalue weighted by Crippen LogP contribution is -2.03. The van der Waals surface area contributed by atoms with Crippen LogP contribution in [-0.2, 0) is 9.47 Å². The lowest BCUT2D eigenvalue weighted by molar-refractivity contribution is 0.0954. The Labute approximate surface area is 246 Å². The Kier molecular flexibility index (Phi) is 8.73. The van der Waals surface area contributed by atoms with Crippen LogP contribution in [0.25, 0.3) is 22.3 Å². The Balaban J connectivity index is 0.923. The van der Waals surface area contributed by atoms with E-state index in [0.717, 1.165) is 47.0 Å². The molecule has 2 aliphatic heterocycles. The second kappa shape index (κ2) is 13.1. The molecule has 2 atom stereocenters. The van der Waals surface area contributed by atoms with Crippen LogP contribution in [0.1, 0.15) is 46.4 Å². The van der Waals surface area contributed by atoms with Crippen LogP contribution in [0.4, 0.5) is 0 Å². The van der Waals surface area contributed by atoms with Gasteiger partial charge in [-0.3, -0.25) is 9.59 Å². The minimum absolute atomic E-state index is 0.0988. The minimum Gasteiger partial charge on any atom is -0.491 e. The number of Topliss-reactive ketones (excluding diaryl/α,β-unsaturated/α-hetero) is 2. The van der Waals surface area contributed by atoms with Crippen molar-refractivity contribution in [1.82, 2.24) is 0 Å². The van der Waals surface area contributed by atoms with Crippen molar-refractivity contribution in [3.8, 4) is 33.8 Å². The van der Waals surface area contributed by atoms with Crippen LogP contribution in [-0.4, -0.2) is 50.2 Å². The van der Waals surface area contributed by atoms with E-state index in [1.165, 1.54) is 0 Å². The smallest absolute Gasteiger partial charge is 0.162 e. The molecule has 42 heavy (non-hydrogen) atoms. The lowest BCUT2D eigenvalue weighted by atomic mass is 9.98. The molecule has 2 fully saturated rings. The highest BCUT2D eigenvalue weighted by Crippen LogP contribution is 2.26. The summed E-state index contributed by atoms with van der Waals surface area (Å²) in [5.74, 6) is 1.84. The van der Waals surface area contributed by atoms with Crippen LogP contribution < -0.4 is 9.47 Å². The standard InChI is InChI=1S/C36H34O6/c37-35(29-9-5-25(6-10-29)27-13-17-31(18-14-27)39-21-33-23-41-33)3-1-2-4-36(38)30-11-7-26(8-12-30)28-15-19-32(20-16-28)40-22-34-24-42-34/h5-20,33-34H,1-4,21-24H2. The van der Waals surface area contributed by atoms with Crippen molar-refractivity contribution in [2.45, 2.75) is 37.9 Å². The zero-order valence-corrected chi connectivity index (χ0v) is 23.5. The zero-order valence-electron chi connectivity index (χ0n) is 23.5. The summed E-state index contributed by atoms with van der Waals surface area (Å²) in [6.45, 7) is 2.73. The predicted molar refractivity (Wildman–Crippen MR) is 161 cm³/mol. The third-order valence-corrected chi connectivity index (χ3v) is 7.52. The maximum atomic E-state index is 12.7. The number of carbonyl (C=O) groups excluding carboxylic acids is 2. The highest BCUT2D eigenvalue weighted by atomic mass is 16.6. The molecule has 0 radical (unpaired) electrons. The highest BCUT2D eigenvalue weighted by Gasteiger charge is 2.23. The quantitative estimate of drug-likeness (QED) is 0.0866. The van der Waals surface area contributed by atoms with E-state index >= 15 is 0 Å². The van der Waals surface area contributed by atoms with Crippen LogP contribution in [0.3, 0.4) is 0 Å². The molecular weight excluding hydrogens is 528 g/mol. The number of rotatable bonds is 15. The second-order valence-electron chi connectivity index (χ2n) is 10.8. The molecule has 0 N–H and O–H groups in total. The number of ether oxygens (including phenoxy) is 4. The van der Waals surface area contributed by atoms with Crippen LogP contribution in [0.5, 0.6) is 11.5 Å². The summed E-state index contributed by atoms with van der Waals surface area (Å²) in [6, 6.07) is 31.3. The minimum atomic E-state index is 0.0988.